The molecule has 3 rings (SSSR count). The number of rotatable bonds is 5. The second kappa shape index (κ2) is 6.58. The average molecular weight is 321 g/mol. The van der Waals surface area contributed by atoms with Gasteiger partial charge in [0.1, 0.15) is 6.04 Å². The second-order valence-corrected chi connectivity index (χ2v) is 5.76. The number of fused-ring (bicyclic) bond motifs is 1. The highest BCUT2D eigenvalue weighted by Crippen LogP contribution is 2.22. The number of aromatic amines is 1. The van der Waals surface area contributed by atoms with E-state index in [-0.39, 0.29) is 12.3 Å². The molecule has 24 heavy (non-hydrogen) atoms. The third-order valence-electron chi connectivity index (χ3n) is 4.09. The van der Waals surface area contributed by atoms with Crippen molar-refractivity contribution in [1.29, 1.82) is 0 Å². The number of para-hydroxylation sites is 1. The summed E-state index contributed by atoms with van der Waals surface area (Å²) >= 11 is 0. The van der Waals surface area contributed by atoms with Crippen molar-refractivity contribution in [3.63, 3.8) is 0 Å². The van der Waals surface area contributed by atoms with Crippen LogP contribution in [0.25, 0.3) is 10.9 Å². The molecule has 1 atom stereocenters. The molecule has 2 aromatic carbocycles. The second-order valence-electron chi connectivity index (χ2n) is 5.76. The zero-order valence-corrected chi connectivity index (χ0v) is 13.4. The largest absolute Gasteiger partial charge is 0.368 e. The lowest BCUT2D eigenvalue weighted by Crippen LogP contribution is -2.38. The van der Waals surface area contributed by atoms with Crippen molar-refractivity contribution in [3.8, 4) is 0 Å². The highest BCUT2D eigenvalue weighted by Gasteiger charge is 2.21. The van der Waals surface area contributed by atoms with Crippen molar-refractivity contribution < 1.29 is 9.59 Å². The number of H-pyrrole nitrogens is 1. The Balaban J connectivity index is 1.81. The molecule has 4 N–H and O–H groups in total. The molecule has 0 saturated carbocycles. The highest BCUT2D eigenvalue weighted by molar-refractivity contribution is 5.92. The van der Waals surface area contributed by atoms with E-state index < -0.39 is 11.9 Å². The van der Waals surface area contributed by atoms with Gasteiger partial charge in [0.05, 0.1) is 6.42 Å². The van der Waals surface area contributed by atoms with Crippen LogP contribution in [-0.2, 0) is 16.0 Å². The molecular formula is C19H19N3O2. The number of carbonyl (C=O) groups is 2. The van der Waals surface area contributed by atoms with Crippen molar-refractivity contribution in [1.82, 2.24) is 10.3 Å². The minimum Gasteiger partial charge on any atom is -0.368 e. The summed E-state index contributed by atoms with van der Waals surface area (Å²) in [7, 11) is 0. The van der Waals surface area contributed by atoms with E-state index in [2.05, 4.69) is 10.3 Å². The average Bonchev–Trinajstić information content (AvgIpc) is 2.89. The first-order valence-electron chi connectivity index (χ1n) is 7.76. The molecule has 0 bridgehead atoms. The number of aryl methyl sites for hydroxylation is 1. The Morgan fingerprint density at radius 3 is 2.46 bits per heavy atom. The minimum absolute atomic E-state index is 0.187. The van der Waals surface area contributed by atoms with E-state index >= 15 is 0 Å². The monoisotopic (exact) mass is 321 g/mol. The first kappa shape index (κ1) is 15.8. The van der Waals surface area contributed by atoms with Gasteiger partial charge < -0.3 is 16.0 Å². The quantitative estimate of drug-likeness (QED) is 0.673. The minimum atomic E-state index is -0.829. The van der Waals surface area contributed by atoms with Crippen LogP contribution in [0.4, 0.5) is 0 Å². The SMILES string of the molecule is Cc1[nH]c2ccccc2c1CC(=O)N[C@H](C(N)=O)c1ccccc1. The van der Waals surface area contributed by atoms with Crippen molar-refractivity contribution in [2.45, 2.75) is 19.4 Å². The lowest BCUT2D eigenvalue weighted by molar-refractivity contribution is -0.127. The topological polar surface area (TPSA) is 88.0 Å². The van der Waals surface area contributed by atoms with E-state index in [1.54, 1.807) is 24.3 Å². The molecule has 0 unspecified atom stereocenters. The smallest absolute Gasteiger partial charge is 0.244 e. The molecule has 0 saturated heterocycles. The summed E-state index contributed by atoms with van der Waals surface area (Å²) in [4.78, 5) is 27.4. The number of amides is 2. The van der Waals surface area contributed by atoms with Crippen LogP contribution < -0.4 is 11.1 Å². The molecule has 5 nitrogen and oxygen atoms in total. The molecule has 0 fully saturated rings. The maximum absolute atomic E-state index is 12.5. The number of primary amides is 1. The fourth-order valence-electron chi connectivity index (χ4n) is 2.90. The molecule has 1 aromatic heterocycles. The third kappa shape index (κ3) is 3.15. The highest BCUT2D eigenvalue weighted by atomic mass is 16.2. The Morgan fingerprint density at radius 2 is 1.75 bits per heavy atom. The summed E-state index contributed by atoms with van der Waals surface area (Å²) in [5, 5.41) is 3.75. The van der Waals surface area contributed by atoms with Crippen LogP contribution in [0.3, 0.4) is 0 Å². The van der Waals surface area contributed by atoms with Gasteiger partial charge in [-0.05, 0) is 24.1 Å². The lowest BCUT2D eigenvalue weighted by Gasteiger charge is -2.16. The van der Waals surface area contributed by atoms with Crippen molar-refractivity contribution in [3.05, 3.63) is 71.4 Å². The number of aromatic nitrogens is 1. The van der Waals surface area contributed by atoms with Crippen LogP contribution >= 0.6 is 0 Å². The van der Waals surface area contributed by atoms with Gasteiger partial charge in [-0.15, -0.1) is 0 Å². The van der Waals surface area contributed by atoms with Crippen LogP contribution in [0.2, 0.25) is 0 Å². The first-order valence-corrected chi connectivity index (χ1v) is 7.76. The molecular weight excluding hydrogens is 302 g/mol. The predicted molar refractivity (Wildman–Crippen MR) is 93.3 cm³/mol. The van der Waals surface area contributed by atoms with E-state index in [1.165, 1.54) is 0 Å². The number of benzene rings is 2. The molecule has 1 heterocycles. The molecule has 0 aliphatic carbocycles. The van der Waals surface area contributed by atoms with Crippen LogP contribution in [0.5, 0.6) is 0 Å². The van der Waals surface area contributed by atoms with Crippen LogP contribution in [0, 0.1) is 6.92 Å². The van der Waals surface area contributed by atoms with Crippen LogP contribution in [-0.4, -0.2) is 16.8 Å². The molecule has 0 aliphatic heterocycles. The zero-order valence-electron chi connectivity index (χ0n) is 13.4. The summed E-state index contributed by atoms with van der Waals surface area (Å²) < 4.78 is 0. The van der Waals surface area contributed by atoms with E-state index in [9.17, 15) is 9.59 Å². The fourth-order valence-corrected chi connectivity index (χ4v) is 2.90. The number of carbonyl (C=O) groups excluding carboxylic acids is 2. The fraction of sp³-hybridized carbons (Fsp3) is 0.158. The number of nitrogens with two attached hydrogens (primary N) is 1. The van der Waals surface area contributed by atoms with E-state index in [4.69, 9.17) is 5.73 Å². The molecule has 0 aliphatic rings. The standard InChI is InChI=1S/C19H19N3O2/c1-12-15(14-9-5-6-10-16(14)21-12)11-17(23)22-18(19(20)24)13-7-3-2-4-8-13/h2-10,18,21H,11H2,1H3,(H2,20,24)(H,22,23)/t18-/m0/s1. The summed E-state index contributed by atoms with van der Waals surface area (Å²) in [5.74, 6) is -0.819. The molecule has 5 heteroatoms. The summed E-state index contributed by atoms with van der Waals surface area (Å²) in [6, 6.07) is 16.0. The van der Waals surface area contributed by atoms with E-state index in [1.807, 2.05) is 37.3 Å². The van der Waals surface area contributed by atoms with Gasteiger partial charge in [-0.2, -0.15) is 0 Å². The normalized spacial score (nSPS) is 12.0. The van der Waals surface area contributed by atoms with Gasteiger partial charge in [0.2, 0.25) is 11.8 Å². The Bertz CT molecular complexity index is 884. The number of hydrogen-bond donors (Lipinski definition) is 3. The Labute approximate surface area is 139 Å². The van der Waals surface area contributed by atoms with Crippen LogP contribution in [0.15, 0.2) is 54.6 Å². The lowest BCUT2D eigenvalue weighted by atomic mass is 10.0. The summed E-state index contributed by atoms with van der Waals surface area (Å²) in [6.45, 7) is 1.94. The van der Waals surface area contributed by atoms with Gasteiger partial charge in [-0.25, -0.2) is 0 Å². The van der Waals surface area contributed by atoms with Gasteiger partial charge in [0, 0.05) is 16.6 Å². The molecule has 3 aromatic rings. The molecule has 0 spiro atoms. The third-order valence-corrected chi connectivity index (χ3v) is 4.09. The first-order chi connectivity index (χ1) is 11.6. The number of hydrogen-bond acceptors (Lipinski definition) is 2. The number of nitrogens with one attached hydrogen (secondary N) is 2. The maximum atomic E-state index is 12.5. The summed E-state index contributed by atoms with van der Waals surface area (Å²) in [5.41, 5.74) is 8.99. The predicted octanol–water partition coefficient (Wildman–Crippen LogP) is 2.36. The van der Waals surface area contributed by atoms with Gasteiger partial charge in [0.25, 0.3) is 0 Å². The Kier molecular flexibility index (Phi) is 4.33. The van der Waals surface area contributed by atoms with E-state index in [0.29, 0.717) is 5.56 Å². The Morgan fingerprint density at radius 1 is 1.08 bits per heavy atom. The maximum Gasteiger partial charge on any atom is 0.244 e. The van der Waals surface area contributed by atoms with Gasteiger partial charge >= 0.3 is 0 Å². The Hall–Kier alpha value is -3.08. The summed E-state index contributed by atoms with van der Waals surface area (Å²) in [6.07, 6.45) is 0.187. The zero-order chi connectivity index (χ0) is 17.1. The molecule has 122 valence electrons. The van der Waals surface area contributed by atoms with E-state index in [0.717, 1.165) is 22.2 Å². The van der Waals surface area contributed by atoms with Crippen molar-refractivity contribution >= 4 is 22.7 Å². The molecule has 0 radical (unpaired) electrons. The van der Waals surface area contributed by atoms with Crippen molar-refractivity contribution in [2.75, 3.05) is 0 Å². The molecule has 2 amide bonds. The van der Waals surface area contributed by atoms with Gasteiger partial charge in [-0.1, -0.05) is 48.5 Å². The van der Waals surface area contributed by atoms with Gasteiger partial charge in [-0.3, -0.25) is 9.59 Å². The van der Waals surface area contributed by atoms with Crippen LogP contribution in [0.1, 0.15) is 22.9 Å². The van der Waals surface area contributed by atoms with Gasteiger partial charge in [0.15, 0.2) is 0 Å². The van der Waals surface area contributed by atoms with Crippen molar-refractivity contribution in [2.24, 2.45) is 5.73 Å².